The Balaban J connectivity index is 1.86. The average Bonchev–Trinajstić information content (AvgIpc) is 2.63. The topological polar surface area (TPSA) is 41.6 Å². The van der Waals surface area contributed by atoms with Crippen molar-refractivity contribution in [2.45, 2.75) is 32.2 Å². The zero-order valence-corrected chi connectivity index (χ0v) is 15.8. The zero-order valence-electron chi connectivity index (χ0n) is 15.0. The van der Waals surface area contributed by atoms with E-state index in [0.29, 0.717) is 26.2 Å². The number of ether oxygens (including phenoxy) is 1. The van der Waals surface area contributed by atoms with Crippen LogP contribution < -0.4 is 5.32 Å². The Morgan fingerprint density at radius 2 is 2.16 bits per heavy atom. The first kappa shape index (κ1) is 20.2. The highest BCUT2D eigenvalue weighted by molar-refractivity contribution is 7.99. The Morgan fingerprint density at radius 1 is 1.36 bits per heavy atom. The molecule has 1 unspecified atom stereocenters. The summed E-state index contributed by atoms with van der Waals surface area (Å²) in [6.07, 6.45) is 2.92. The Bertz CT molecular complexity index is 524. The summed E-state index contributed by atoms with van der Waals surface area (Å²) in [5, 5.41) is 3.03. The van der Waals surface area contributed by atoms with E-state index in [2.05, 4.69) is 17.1 Å². The maximum Gasteiger partial charge on any atom is 0.220 e. The highest BCUT2D eigenvalue weighted by atomic mass is 32.2. The minimum Gasteiger partial charge on any atom is -0.379 e. The summed E-state index contributed by atoms with van der Waals surface area (Å²) in [5.41, 5.74) is 0.902. The molecule has 1 saturated heterocycles. The molecule has 0 saturated carbocycles. The maximum atomic E-state index is 13.6. The molecule has 1 atom stereocenters. The number of unbranched alkanes of at least 4 members (excludes halogenated alkanes) is 1. The summed E-state index contributed by atoms with van der Waals surface area (Å²) in [6, 6.07) is 6.65. The summed E-state index contributed by atoms with van der Waals surface area (Å²) in [4.78, 5) is 14.4. The number of carbonyl (C=O) groups is 1. The number of rotatable bonds is 10. The Labute approximate surface area is 154 Å². The molecule has 0 aromatic heterocycles. The molecule has 1 aliphatic rings. The van der Waals surface area contributed by atoms with Gasteiger partial charge in [0.2, 0.25) is 5.91 Å². The van der Waals surface area contributed by atoms with E-state index in [1.807, 2.05) is 17.8 Å². The molecule has 1 fully saturated rings. The second-order valence-electron chi connectivity index (χ2n) is 6.24. The van der Waals surface area contributed by atoms with E-state index in [1.54, 1.807) is 12.1 Å². The monoisotopic (exact) mass is 368 g/mol. The molecule has 2 rings (SSSR count). The van der Waals surface area contributed by atoms with Crippen molar-refractivity contribution in [3.63, 3.8) is 0 Å². The number of carbonyl (C=O) groups excluding carboxylic acids is 1. The predicted molar refractivity (Wildman–Crippen MR) is 101 cm³/mol. The Kier molecular flexibility index (Phi) is 9.29. The van der Waals surface area contributed by atoms with Gasteiger partial charge in [-0.25, -0.2) is 4.39 Å². The number of thioether (sulfide) groups is 1. The first-order chi connectivity index (χ1) is 12.2. The summed E-state index contributed by atoms with van der Waals surface area (Å²) >= 11 is 1.83. The number of hydrogen-bond acceptors (Lipinski definition) is 4. The molecule has 25 heavy (non-hydrogen) atoms. The van der Waals surface area contributed by atoms with Gasteiger partial charge in [0.05, 0.1) is 19.3 Å². The highest BCUT2D eigenvalue weighted by Gasteiger charge is 2.23. The summed E-state index contributed by atoms with van der Waals surface area (Å²) in [5.74, 6) is 1.80. The fraction of sp³-hybridized carbons (Fsp3) is 0.632. The highest BCUT2D eigenvalue weighted by Crippen LogP contribution is 2.22. The minimum atomic E-state index is -0.241. The minimum absolute atomic E-state index is 0.0173. The lowest BCUT2D eigenvalue weighted by Crippen LogP contribution is -2.43. The van der Waals surface area contributed by atoms with Crippen molar-refractivity contribution in [3.05, 3.63) is 35.6 Å². The molecular formula is C19H29FN2O2S. The van der Waals surface area contributed by atoms with Gasteiger partial charge in [-0.2, -0.15) is 11.8 Å². The number of morpholine rings is 1. The molecule has 1 aromatic carbocycles. The normalized spacial score (nSPS) is 16.6. The van der Waals surface area contributed by atoms with E-state index in [0.717, 1.165) is 30.2 Å². The van der Waals surface area contributed by atoms with Gasteiger partial charge in [0, 0.05) is 31.8 Å². The molecule has 1 heterocycles. The standard InChI is InChI=1S/C19H29FN2O2S/c1-2-3-12-25-13-7-19(23)21-15-18(22-8-10-24-11-9-22)16-5-4-6-17(20)14-16/h4-6,14,18H,2-3,7-13,15H2,1H3,(H,21,23). The number of nitrogens with one attached hydrogen (secondary N) is 1. The van der Waals surface area contributed by atoms with Crippen molar-refractivity contribution < 1.29 is 13.9 Å². The molecule has 0 aliphatic carbocycles. The number of benzene rings is 1. The second-order valence-corrected chi connectivity index (χ2v) is 7.46. The molecule has 0 bridgehead atoms. The fourth-order valence-corrected chi connectivity index (χ4v) is 3.90. The van der Waals surface area contributed by atoms with Crippen LogP contribution in [0.4, 0.5) is 4.39 Å². The Hall–Kier alpha value is -1.11. The molecular weight excluding hydrogens is 339 g/mol. The van der Waals surface area contributed by atoms with Crippen LogP contribution in [0.3, 0.4) is 0 Å². The van der Waals surface area contributed by atoms with Crippen LogP contribution in [0, 0.1) is 5.82 Å². The van der Waals surface area contributed by atoms with Crippen molar-refractivity contribution in [2.75, 3.05) is 44.4 Å². The third-order valence-electron chi connectivity index (χ3n) is 4.33. The number of halogens is 1. The van der Waals surface area contributed by atoms with E-state index in [4.69, 9.17) is 4.74 Å². The van der Waals surface area contributed by atoms with E-state index in [1.165, 1.54) is 18.9 Å². The molecule has 4 nitrogen and oxygen atoms in total. The molecule has 1 aromatic rings. The third-order valence-corrected chi connectivity index (χ3v) is 5.40. The third kappa shape index (κ3) is 7.34. The second kappa shape index (κ2) is 11.5. The van der Waals surface area contributed by atoms with Crippen LogP contribution in [-0.2, 0) is 9.53 Å². The van der Waals surface area contributed by atoms with Crippen molar-refractivity contribution in [1.82, 2.24) is 10.2 Å². The number of hydrogen-bond donors (Lipinski definition) is 1. The zero-order chi connectivity index (χ0) is 17.9. The van der Waals surface area contributed by atoms with Crippen molar-refractivity contribution in [1.29, 1.82) is 0 Å². The van der Waals surface area contributed by atoms with E-state index < -0.39 is 0 Å². The molecule has 1 N–H and O–H groups in total. The van der Waals surface area contributed by atoms with Crippen molar-refractivity contribution in [2.24, 2.45) is 0 Å². The number of amides is 1. The largest absolute Gasteiger partial charge is 0.379 e. The van der Waals surface area contributed by atoms with Gasteiger partial charge < -0.3 is 10.1 Å². The molecule has 1 amide bonds. The number of nitrogens with zero attached hydrogens (tertiary/aromatic N) is 1. The van der Waals surface area contributed by atoms with Crippen LogP contribution in [-0.4, -0.2) is 55.2 Å². The molecule has 0 radical (unpaired) electrons. The van der Waals surface area contributed by atoms with Crippen molar-refractivity contribution >= 4 is 17.7 Å². The average molecular weight is 369 g/mol. The van der Waals surface area contributed by atoms with Crippen LogP contribution in [0.1, 0.15) is 37.8 Å². The van der Waals surface area contributed by atoms with Gasteiger partial charge in [-0.15, -0.1) is 0 Å². The van der Waals surface area contributed by atoms with Crippen LogP contribution >= 0.6 is 11.8 Å². The van der Waals surface area contributed by atoms with Gasteiger partial charge in [-0.05, 0) is 29.9 Å². The van der Waals surface area contributed by atoms with Gasteiger partial charge in [-0.1, -0.05) is 25.5 Å². The summed E-state index contributed by atoms with van der Waals surface area (Å²) in [6.45, 7) is 5.61. The van der Waals surface area contributed by atoms with E-state index >= 15 is 0 Å². The van der Waals surface area contributed by atoms with E-state index in [-0.39, 0.29) is 17.8 Å². The first-order valence-electron chi connectivity index (χ1n) is 9.12. The van der Waals surface area contributed by atoms with E-state index in [9.17, 15) is 9.18 Å². The quantitative estimate of drug-likeness (QED) is 0.644. The van der Waals surface area contributed by atoms with Crippen LogP contribution in [0.15, 0.2) is 24.3 Å². The predicted octanol–water partition coefficient (Wildman–Crippen LogP) is 3.24. The van der Waals surface area contributed by atoms with Gasteiger partial charge in [0.25, 0.3) is 0 Å². The molecule has 0 spiro atoms. The lowest BCUT2D eigenvalue weighted by atomic mass is 10.0. The molecule has 6 heteroatoms. The van der Waals surface area contributed by atoms with Crippen LogP contribution in [0.2, 0.25) is 0 Å². The summed E-state index contributed by atoms with van der Waals surface area (Å²) < 4.78 is 19.0. The SMILES string of the molecule is CCCCSCCC(=O)NCC(c1cccc(F)c1)N1CCOCC1. The van der Waals surface area contributed by atoms with Gasteiger partial charge >= 0.3 is 0 Å². The van der Waals surface area contributed by atoms with Crippen LogP contribution in [0.25, 0.3) is 0 Å². The van der Waals surface area contributed by atoms with Gasteiger partial charge in [-0.3, -0.25) is 9.69 Å². The molecule has 1 aliphatic heterocycles. The van der Waals surface area contributed by atoms with Gasteiger partial charge in [0.1, 0.15) is 5.82 Å². The van der Waals surface area contributed by atoms with Crippen molar-refractivity contribution in [3.8, 4) is 0 Å². The van der Waals surface area contributed by atoms with Gasteiger partial charge in [0.15, 0.2) is 0 Å². The lowest BCUT2D eigenvalue weighted by molar-refractivity contribution is -0.121. The smallest absolute Gasteiger partial charge is 0.220 e. The molecule has 140 valence electrons. The lowest BCUT2D eigenvalue weighted by Gasteiger charge is -2.35. The van der Waals surface area contributed by atoms with Crippen LogP contribution in [0.5, 0.6) is 0 Å². The maximum absolute atomic E-state index is 13.6. The Morgan fingerprint density at radius 3 is 2.88 bits per heavy atom. The first-order valence-corrected chi connectivity index (χ1v) is 10.3. The summed E-state index contributed by atoms with van der Waals surface area (Å²) in [7, 11) is 0. The fourth-order valence-electron chi connectivity index (χ4n) is 2.87.